The zero-order chi connectivity index (χ0) is 19.9. The van der Waals surface area contributed by atoms with Gasteiger partial charge in [-0.05, 0) is 68.2 Å². The number of allylic oxidation sites excluding steroid dienone is 1. The number of nitrogens with one attached hydrogen (secondary N) is 1. The second-order valence-corrected chi connectivity index (χ2v) is 8.69. The summed E-state index contributed by atoms with van der Waals surface area (Å²) in [6, 6.07) is 4.78. The van der Waals surface area contributed by atoms with Crippen LogP contribution < -0.4 is 14.8 Å². The maximum absolute atomic E-state index is 6.66. The largest absolute Gasteiger partial charge is 0.497 e. The van der Waals surface area contributed by atoms with Crippen LogP contribution in [0.25, 0.3) is 0 Å². The van der Waals surface area contributed by atoms with E-state index in [0.717, 1.165) is 49.0 Å². The molecule has 4 atom stereocenters. The fraction of sp³-hybridized carbons (Fsp3) is 0.667. The highest BCUT2D eigenvalue weighted by atomic mass is 16.6. The van der Waals surface area contributed by atoms with E-state index in [4.69, 9.17) is 14.2 Å². The number of benzene rings is 1. The first-order chi connectivity index (χ1) is 13.6. The fourth-order valence-corrected chi connectivity index (χ4v) is 5.54. The summed E-state index contributed by atoms with van der Waals surface area (Å²) >= 11 is 0. The minimum Gasteiger partial charge on any atom is -0.497 e. The van der Waals surface area contributed by atoms with Gasteiger partial charge < -0.3 is 19.5 Å². The summed E-state index contributed by atoms with van der Waals surface area (Å²) in [7, 11) is 3.50. The van der Waals surface area contributed by atoms with Gasteiger partial charge in [-0.25, -0.2) is 0 Å². The SMILES string of the molecule is CC/C=C(/OC)C1Oc2c(OC)ccc3c2[C@@]1(CC)C(C)C(NCC1CC1)C3. The maximum atomic E-state index is 6.66. The van der Waals surface area contributed by atoms with E-state index in [1.165, 1.54) is 24.0 Å². The molecule has 0 spiro atoms. The van der Waals surface area contributed by atoms with Crippen LogP contribution in [0.2, 0.25) is 0 Å². The average Bonchev–Trinajstić information content (AvgIpc) is 3.47. The van der Waals surface area contributed by atoms with E-state index in [-0.39, 0.29) is 11.5 Å². The molecule has 3 unspecified atom stereocenters. The summed E-state index contributed by atoms with van der Waals surface area (Å²) in [4.78, 5) is 0. The van der Waals surface area contributed by atoms with Gasteiger partial charge in [-0.1, -0.05) is 26.8 Å². The van der Waals surface area contributed by atoms with E-state index in [9.17, 15) is 0 Å². The zero-order valence-corrected chi connectivity index (χ0v) is 18.0. The lowest BCUT2D eigenvalue weighted by atomic mass is 9.58. The Labute approximate surface area is 169 Å². The Hall–Kier alpha value is -1.68. The van der Waals surface area contributed by atoms with Crippen LogP contribution in [0.4, 0.5) is 0 Å². The Morgan fingerprint density at radius 2 is 2.07 bits per heavy atom. The quantitative estimate of drug-likeness (QED) is 0.664. The van der Waals surface area contributed by atoms with Gasteiger partial charge >= 0.3 is 0 Å². The molecule has 28 heavy (non-hydrogen) atoms. The molecule has 0 aromatic heterocycles. The first-order valence-electron chi connectivity index (χ1n) is 10.9. The number of methoxy groups -OCH3 is 2. The number of hydrogen-bond donors (Lipinski definition) is 1. The van der Waals surface area contributed by atoms with E-state index < -0.39 is 0 Å². The van der Waals surface area contributed by atoms with Crippen LogP contribution in [0.1, 0.15) is 57.6 Å². The summed E-state index contributed by atoms with van der Waals surface area (Å²) in [5.74, 6) is 4.03. The van der Waals surface area contributed by atoms with Crippen LogP contribution in [-0.2, 0) is 16.6 Å². The van der Waals surface area contributed by atoms with Gasteiger partial charge in [0, 0.05) is 17.0 Å². The molecule has 3 aliphatic rings. The Kier molecular flexibility index (Phi) is 5.34. The molecule has 1 aromatic carbocycles. The van der Waals surface area contributed by atoms with Crippen LogP contribution in [0.15, 0.2) is 24.0 Å². The fourth-order valence-electron chi connectivity index (χ4n) is 5.54. The zero-order valence-electron chi connectivity index (χ0n) is 18.0. The lowest BCUT2D eigenvalue weighted by molar-refractivity contribution is 0.0572. The molecule has 1 aromatic rings. The van der Waals surface area contributed by atoms with E-state index in [2.05, 4.69) is 44.3 Å². The van der Waals surface area contributed by atoms with Gasteiger partial charge in [0.05, 0.1) is 14.2 Å². The predicted molar refractivity (Wildman–Crippen MR) is 112 cm³/mol. The Morgan fingerprint density at radius 3 is 2.68 bits per heavy atom. The minimum absolute atomic E-state index is 0.102. The summed E-state index contributed by atoms with van der Waals surface area (Å²) in [6.45, 7) is 7.99. The molecule has 1 N–H and O–H groups in total. The molecule has 4 nitrogen and oxygen atoms in total. The summed E-state index contributed by atoms with van der Waals surface area (Å²) in [6.07, 6.45) is 7.83. The molecule has 1 fully saturated rings. The highest BCUT2D eigenvalue weighted by molar-refractivity contribution is 5.61. The van der Waals surface area contributed by atoms with Crippen molar-refractivity contribution >= 4 is 0 Å². The van der Waals surface area contributed by atoms with Gasteiger partial charge in [-0.2, -0.15) is 0 Å². The van der Waals surface area contributed by atoms with Crippen molar-refractivity contribution in [2.75, 3.05) is 20.8 Å². The van der Waals surface area contributed by atoms with Crippen LogP contribution in [0.3, 0.4) is 0 Å². The van der Waals surface area contributed by atoms with Crippen LogP contribution >= 0.6 is 0 Å². The van der Waals surface area contributed by atoms with Gasteiger partial charge in [0.15, 0.2) is 17.6 Å². The summed E-state index contributed by atoms with van der Waals surface area (Å²) in [5.41, 5.74) is 2.66. The maximum Gasteiger partial charge on any atom is 0.166 e. The van der Waals surface area contributed by atoms with Gasteiger partial charge in [0.1, 0.15) is 5.76 Å². The van der Waals surface area contributed by atoms with Crippen molar-refractivity contribution in [3.05, 3.63) is 35.1 Å². The van der Waals surface area contributed by atoms with Crippen LogP contribution in [-0.4, -0.2) is 32.9 Å². The van der Waals surface area contributed by atoms with E-state index in [1.54, 1.807) is 14.2 Å². The highest BCUT2D eigenvalue weighted by Gasteiger charge is 2.59. The third-order valence-corrected chi connectivity index (χ3v) is 7.30. The third kappa shape index (κ3) is 2.92. The second kappa shape index (κ2) is 7.62. The second-order valence-electron chi connectivity index (χ2n) is 8.69. The third-order valence-electron chi connectivity index (χ3n) is 7.30. The van der Waals surface area contributed by atoms with Crippen molar-refractivity contribution in [1.29, 1.82) is 0 Å². The predicted octanol–water partition coefficient (Wildman–Crippen LogP) is 4.60. The lowest BCUT2D eigenvalue weighted by Crippen LogP contribution is -2.56. The highest BCUT2D eigenvalue weighted by Crippen LogP contribution is 2.59. The first-order valence-corrected chi connectivity index (χ1v) is 10.9. The minimum atomic E-state index is -0.104. The van der Waals surface area contributed by atoms with Gasteiger partial charge in [-0.3, -0.25) is 0 Å². The standard InChI is InChI=1S/C24H35NO3/c1-6-8-20(27-5)23-24(7-2)15(3)18(25-14-16-9-10-16)13-17-11-12-19(26-4)22(28-23)21(17)24/h8,11-12,15-16,18,23,25H,6-7,9-10,13-14H2,1-5H3/b20-8+/t15?,18?,23?,24-/m1/s1. The van der Waals surface area contributed by atoms with Gasteiger partial charge in [0.25, 0.3) is 0 Å². The number of ether oxygens (including phenoxy) is 3. The Balaban J connectivity index is 1.82. The molecule has 2 aliphatic carbocycles. The molecule has 0 saturated heterocycles. The van der Waals surface area contributed by atoms with Gasteiger partial charge in [-0.15, -0.1) is 0 Å². The summed E-state index contributed by atoms with van der Waals surface area (Å²) < 4.78 is 18.2. The molecule has 0 bridgehead atoms. The van der Waals surface area contributed by atoms with Crippen LogP contribution in [0.5, 0.6) is 11.5 Å². The van der Waals surface area contributed by atoms with Crippen molar-refractivity contribution in [2.24, 2.45) is 11.8 Å². The van der Waals surface area contributed by atoms with Crippen molar-refractivity contribution in [3.63, 3.8) is 0 Å². The van der Waals surface area contributed by atoms with E-state index in [1.807, 2.05) is 0 Å². The molecule has 1 aliphatic heterocycles. The van der Waals surface area contributed by atoms with E-state index in [0.29, 0.717) is 12.0 Å². The molecular weight excluding hydrogens is 350 g/mol. The molecule has 0 radical (unpaired) electrons. The smallest absolute Gasteiger partial charge is 0.166 e. The molecule has 154 valence electrons. The number of hydrogen-bond acceptors (Lipinski definition) is 4. The normalized spacial score (nSPS) is 31.3. The van der Waals surface area contributed by atoms with Crippen molar-refractivity contribution in [2.45, 2.75) is 70.4 Å². The van der Waals surface area contributed by atoms with Crippen molar-refractivity contribution < 1.29 is 14.2 Å². The topological polar surface area (TPSA) is 39.7 Å². The monoisotopic (exact) mass is 385 g/mol. The average molecular weight is 386 g/mol. The molecule has 0 amide bonds. The van der Waals surface area contributed by atoms with E-state index >= 15 is 0 Å². The van der Waals surface area contributed by atoms with Crippen molar-refractivity contribution in [1.82, 2.24) is 5.32 Å². The first kappa shape index (κ1) is 19.6. The molecule has 1 heterocycles. The number of rotatable bonds is 8. The Morgan fingerprint density at radius 1 is 1.29 bits per heavy atom. The van der Waals surface area contributed by atoms with Crippen LogP contribution in [0, 0.1) is 11.8 Å². The molecule has 1 saturated carbocycles. The van der Waals surface area contributed by atoms with Crippen molar-refractivity contribution in [3.8, 4) is 11.5 Å². The molecular formula is C24H35NO3. The van der Waals surface area contributed by atoms with Gasteiger partial charge in [0.2, 0.25) is 0 Å². The molecule has 4 rings (SSSR count). The Bertz CT molecular complexity index is 754. The molecule has 4 heteroatoms. The lowest BCUT2D eigenvalue weighted by Gasteiger charge is -2.47. The summed E-state index contributed by atoms with van der Waals surface area (Å²) in [5, 5.41) is 3.91.